The normalized spacial score (nSPS) is 22.5. The molecule has 0 aromatic rings. The molecule has 1 aliphatic carbocycles. The molecular formula is C25H30N4O5. The van der Waals surface area contributed by atoms with Crippen molar-refractivity contribution in [3.05, 3.63) is 71.1 Å². The summed E-state index contributed by atoms with van der Waals surface area (Å²) >= 11 is 0. The second kappa shape index (κ2) is 9.94. The maximum atomic E-state index is 13.2. The molecule has 9 heteroatoms. The van der Waals surface area contributed by atoms with E-state index >= 15 is 0 Å². The number of ether oxygens (including phenoxy) is 1. The predicted octanol–water partition coefficient (Wildman–Crippen LogP) is 1.73. The fourth-order valence-electron chi connectivity index (χ4n) is 4.03. The molecule has 0 bridgehead atoms. The summed E-state index contributed by atoms with van der Waals surface area (Å²) in [6.45, 7) is 6.09. The molecule has 2 heterocycles. The molecule has 2 aliphatic heterocycles. The Morgan fingerprint density at radius 3 is 2.62 bits per heavy atom. The molecule has 1 atom stereocenters. The van der Waals surface area contributed by atoms with Crippen LogP contribution in [0.15, 0.2) is 71.1 Å². The van der Waals surface area contributed by atoms with Crippen LogP contribution in [0, 0.1) is 0 Å². The highest BCUT2D eigenvalue weighted by molar-refractivity contribution is 6.10. The molecule has 3 aliphatic rings. The van der Waals surface area contributed by atoms with Gasteiger partial charge in [0.1, 0.15) is 5.76 Å². The molecular weight excluding hydrogens is 436 g/mol. The molecule has 0 radical (unpaired) electrons. The zero-order chi connectivity index (χ0) is 25.0. The summed E-state index contributed by atoms with van der Waals surface area (Å²) in [5.74, 6) is -0.414. The van der Waals surface area contributed by atoms with E-state index in [-0.39, 0.29) is 30.5 Å². The third-order valence-corrected chi connectivity index (χ3v) is 5.89. The fraction of sp³-hybridized carbons (Fsp3) is 0.360. The highest BCUT2D eigenvalue weighted by atomic mass is 16.5. The topological polar surface area (TPSA) is 108 Å². The lowest BCUT2D eigenvalue weighted by Crippen LogP contribution is -2.56. The first-order chi connectivity index (χ1) is 16.1. The van der Waals surface area contributed by atoms with Crippen molar-refractivity contribution in [2.75, 3.05) is 34.3 Å². The number of nitrogens with one attached hydrogen (secondary N) is 2. The van der Waals surface area contributed by atoms with E-state index < -0.39 is 17.5 Å². The number of rotatable bonds is 8. The highest BCUT2D eigenvalue weighted by Gasteiger charge is 2.50. The van der Waals surface area contributed by atoms with Crippen LogP contribution in [0.2, 0.25) is 0 Å². The molecule has 0 saturated carbocycles. The number of carbonyl (C=O) groups excluding carboxylic acids is 4. The van der Waals surface area contributed by atoms with E-state index in [0.29, 0.717) is 29.7 Å². The van der Waals surface area contributed by atoms with Crippen LogP contribution in [-0.2, 0) is 19.1 Å². The Morgan fingerprint density at radius 2 is 2.03 bits per heavy atom. The average Bonchev–Trinajstić information content (AvgIpc) is 3.14. The number of methoxy groups -OCH3 is 1. The number of urea groups is 1. The average molecular weight is 467 g/mol. The van der Waals surface area contributed by atoms with E-state index in [1.54, 1.807) is 39.4 Å². The molecule has 180 valence electrons. The summed E-state index contributed by atoms with van der Waals surface area (Å²) in [7, 11) is 4.84. The molecule has 0 aromatic carbocycles. The van der Waals surface area contributed by atoms with Crippen LogP contribution in [-0.4, -0.2) is 73.4 Å². The minimum atomic E-state index is -1.57. The summed E-state index contributed by atoms with van der Waals surface area (Å²) in [6.07, 6.45) is 11.6. The Labute approximate surface area is 199 Å². The standard InChI is InChI=1S/C25H30N4O5/c1-6-8-17(21(30)28(3)4)12-11-16(2)25(23(32)26-24(33)27-25)15-29-14-18-9-7-10-19(34-5)13-20(18)22(29)31/h7-9,11-13H,2,6,10,14-15H2,1,3-5H3,(H2,26,27,32,33)/b12-11-,17-8+. The Kier molecular flexibility index (Phi) is 7.24. The molecule has 1 fully saturated rings. The lowest BCUT2D eigenvalue weighted by atomic mass is 9.89. The molecule has 1 saturated heterocycles. The van der Waals surface area contributed by atoms with Gasteiger partial charge in [0.05, 0.1) is 13.7 Å². The molecule has 1 unspecified atom stereocenters. The minimum absolute atomic E-state index is 0.113. The maximum Gasteiger partial charge on any atom is 0.322 e. The second-order valence-corrected chi connectivity index (χ2v) is 8.46. The Balaban J connectivity index is 1.89. The zero-order valence-electron chi connectivity index (χ0n) is 19.9. The van der Waals surface area contributed by atoms with Crippen LogP contribution in [0.4, 0.5) is 4.79 Å². The van der Waals surface area contributed by atoms with E-state index in [0.717, 1.165) is 5.57 Å². The van der Waals surface area contributed by atoms with Crippen LogP contribution in [0.25, 0.3) is 0 Å². The molecule has 0 spiro atoms. The van der Waals surface area contributed by atoms with Gasteiger partial charge in [0, 0.05) is 38.2 Å². The second-order valence-electron chi connectivity index (χ2n) is 8.46. The number of nitrogens with zero attached hydrogens (tertiary/aromatic N) is 2. The van der Waals surface area contributed by atoms with Crippen LogP contribution >= 0.6 is 0 Å². The minimum Gasteiger partial charge on any atom is -0.501 e. The number of allylic oxidation sites excluding steroid dienone is 2. The van der Waals surface area contributed by atoms with Crippen LogP contribution < -0.4 is 10.6 Å². The molecule has 3 rings (SSSR count). The van der Waals surface area contributed by atoms with Crippen molar-refractivity contribution < 1.29 is 23.9 Å². The number of amides is 5. The third-order valence-electron chi connectivity index (χ3n) is 5.89. The zero-order valence-corrected chi connectivity index (χ0v) is 19.9. The Bertz CT molecular complexity index is 1090. The van der Waals surface area contributed by atoms with E-state index in [1.807, 2.05) is 19.1 Å². The monoisotopic (exact) mass is 466 g/mol. The number of carbonyl (C=O) groups is 4. The summed E-state index contributed by atoms with van der Waals surface area (Å²) in [6, 6.07) is -0.670. The lowest BCUT2D eigenvalue weighted by molar-refractivity contribution is -0.128. The van der Waals surface area contributed by atoms with Gasteiger partial charge in [0.15, 0.2) is 5.54 Å². The van der Waals surface area contributed by atoms with Gasteiger partial charge in [-0.25, -0.2) is 4.79 Å². The fourth-order valence-corrected chi connectivity index (χ4v) is 4.03. The van der Waals surface area contributed by atoms with Crippen LogP contribution in [0.5, 0.6) is 0 Å². The van der Waals surface area contributed by atoms with E-state index in [9.17, 15) is 19.2 Å². The van der Waals surface area contributed by atoms with Crippen molar-refractivity contribution in [3.63, 3.8) is 0 Å². The first kappa shape index (κ1) is 24.8. The van der Waals surface area contributed by atoms with Crippen molar-refractivity contribution in [2.24, 2.45) is 0 Å². The number of hydrogen-bond donors (Lipinski definition) is 2. The van der Waals surface area contributed by atoms with Crippen molar-refractivity contribution in [1.82, 2.24) is 20.4 Å². The van der Waals surface area contributed by atoms with Gasteiger partial charge in [0.2, 0.25) is 0 Å². The maximum absolute atomic E-state index is 13.2. The van der Waals surface area contributed by atoms with Crippen molar-refractivity contribution in [3.8, 4) is 0 Å². The number of imide groups is 1. The quantitative estimate of drug-likeness (QED) is 0.322. The first-order valence-electron chi connectivity index (χ1n) is 11.0. The largest absolute Gasteiger partial charge is 0.501 e. The molecule has 5 amide bonds. The van der Waals surface area contributed by atoms with Crippen LogP contribution in [0.3, 0.4) is 0 Å². The highest BCUT2D eigenvalue weighted by Crippen LogP contribution is 2.30. The smallest absolute Gasteiger partial charge is 0.322 e. The van der Waals surface area contributed by atoms with Gasteiger partial charge in [-0.05, 0) is 29.7 Å². The Morgan fingerprint density at radius 1 is 1.29 bits per heavy atom. The first-order valence-corrected chi connectivity index (χ1v) is 11.0. The molecule has 9 nitrogen and oxygen atoms in total. The van der Waals surface area contributed by atoms with E-state index in [1.165, 1.54) is 15.9 Å². The van der Waals surface area contributed by atoms with Gasteiger partial charge in [-0.3, -0.25) is 19.7 Å². The van der Waals surface area contributed by atoms with Crippen molar-refractivity contribution in [2.45, 2.75) is 25.3 Å². The van der Waals surface area contributed by atoms with Gasteiger partial charge in [-0.15, -0.1) is 0 Å². The van der Waals surface area contributed by atoms with Gasteiger partial charge < -0.3 is 19.9 Å². The number of hydrogen-bond acceptors (Lipinski definition) is 5. The molecule has 2 N–H and O–H groups in total. The summed E-state index contributed by atoms with van der Waals surface area (Å²) in [5.41, 5.74) is 0.424. The van der Waals surface area contributed by atoms with E-state index in [4.69, 9.17) is 4.74 Å². The van der Waals surface area contributed by atoms with Crippen molar-refractivity contribution in [1.29, 1.82) is 0 Å². The molecule has 34 heavy (non-hydrogen) atoms. The van der Waals surface area contributed by atoms with Crippen LogP contribution in [0.1, 0.15) is 19.8 Å². The summed E-state index contributed by atoms with van der Waals surface area (Å²) < 4.78 is 5.32. The van der Waals surface area contributed by atoms with Crippen molar-refractivity contribution >= 4 is 23.8 Å². The predicted molar refractivity (Wildman–Crippen MR) is 127 cm³/mol. The Hall–Kier alpha value is -3.88. The van der Waals surface area contributed by atoms with Gasteiger partial charge >= 0.3 is 6.03 Å². The lowest BCUT2D eigenvalue weighted by Gasteiger charge is -2.32. The van der Waals surface area contributed by atoms with E-state index in [2.05, 4.69) is 17.2 Å². The number of likely N-dealkylation sites (N-methyl/N-ethyl adjacent to an activating group) is 1. The van der Waals surface area contributed by atoms with Gasteiger partial charge in [0.25, 0.3) is 17.7 Å². The van der Waals surface area contributed by atoms with Gasteiger partial charge in [-0.2, -0.15) is 0 Å². The molecule has 0 aromatic heterocycles. The van der Waals surface area contributed by atoms with Gasteiger partial charge in [-0.1, -0.05) is 37.8 Å². The summed E-state index contributed by atoms with van der Waals surface area (Å²) in [4.78, 5) is 53.7. The summed E-state index contributed by atoms with van der Waals surface area (Å²) in [5, 5.41) is 4.90. The third kappa shape index (κ3) is 4.73. The SMILES string of the molecule is C=C(/C=C\C(=C/CC)C(=O)N(C)C)C1(CN2CC3=C(C=C(OC)CC=C3)C2=O)NC(=O)NC1=O.